The number of carbonyl (C=O) groups excluding carboxylic acids is 2. The fourth-order valence-corrected chi connectivity index (χ4v) is 4.00. The van der Waals surface area contributed by atoms with Crippen LogP contribution in [0.3, 0.4) is 0 Å². The normalized spacial score (nSPS) is 20.1. The molecule has 1 atom stereocenters. The Hall–Kier alpha value is -1.92. The van der Waals surface area contributed by atoms with E-state index < -0.39 is 6.04 Å². The molecule has 2 aliphatic rings. The van der Waals surface area contributed by atoms with E-state index in [9.17, 15) is 9.59 Å². The van der Waals surface area contributed by atoms with Crippen molar-refractivity contribution in [2.75, 3.05) is 51.2 Å². The van der Waals surface area contributed by atoms with Crippen molar-refractivity contribution in [2.24, 2.45) is 0 Å². The third-order valence-electron chi connectivity index (χ3n) is 5.68. The Balaban J connectivity index is 1.63. The first-order chi connectivity index (χ1) is 13.1. The average Bonchev–Trinajstić information content (AvgIpc) is 2.83. The summed E-state index contributed by atoms with van der Waals surface area (Å²) in [5.41, 5.74) is 2.06. The summed E-state index contributed by atoms with van der Waals surface area (Å²) in [7, 11) is 2.14. The molecule has 2 aliphatic heterocycles. The third-order valence-corrected chi connectivity index (χ3v) is 5.68. The number of hydrogen-bond acceptors (Lipinski definition) is 4. The largest absolute Gasteiger partial charge is 0.353 e. The number of piperazine rings is 1. The average molecular weight is 373 g/mol. The second-order valence-electron chi connectivity index (χ2n) is 7.61. The molecule has 1 aromatic carbocycles. The maximum atomic E-state index is 12.9. The molecule has 0 bridgehead atoms. The van der Waals surface area contributed by atoms with Gasteiger partial charge in [0.15, 0.2) is 0 Å². The van der Waals surface area contributed by atoms with Gasteiger partial charge in [0.05, 0.1) is 0 Å². The summed E-state index contributed by atoms with van der Waals surface area (Å²) in [6, 6.07) is 7.55. The van der Waals surface area contributed by atoms with E-state index in [0.717, 1.165) is 56.8 Å². The van der Waals surface area contributed by atoms with E-state index in [1.807, 2.05) is 25.1 Å². The van der Waals surface area contributed by atoms with Gasteiger partial charge in [-0.1, -0.05) is 25.1 Å². The molecule has 0 radical (unpaired) electrons. The Morgan fingerprint density at radius 3 is 2.63 bits per heavy atom. The van der Waals surface area contributed by atoms with Crippen LogP contribution in [-0.4, -0.2) is 74.0 Å². The summed E-state index contributed by atoms with van der Waals surface area (Å²) in [5.74, 6) is 0.0118. The lowest BCUT2D eigenvalue weighted by atomic mass is 10.1. The Morgan fingerprint density at radius 2 is 1.89 bits per heavy atom. The van der Waals surface area contributed by atoms with E-state index in [4.69, 9.17) is 0 Å². The number of hydrogen-bond donors (Lipinski definition) is 1. The minimum atomic E-state index is -0.441. The fourth-order valence-electron chi connectivity index (χ4n) is 4.00. The number of fused-ring (bicyclic) bond motifs is 1. The molecule has 6 nitrogen and oxygen atoms in total. The maximum absolute atomic E-state index is 12.9. The monoisotopic (exact) mass is 372 g/mol. The predicted octanol–water partition coefficient (Wildman–Crippen LogP) is 1.50. The predicted molar refractivity (Wildman–Crippen MR) is 108 cm³/mol. The van der Waals surface area contributed by atoms with Crippen LogP contribution in [0.2, 0.25) is 0 Å². The summed E-state index contributed by atoms with van der Waals surface area (Å²) in [6.45, 7) is 7.70. The molecule has 6 heteroatoms. The minimum absolute atomic E-state index is 0.0447. The van der Waals surface area contributed by atoms with Crippen molar-refractivity contribution in [3.63, 3.8) is 0 Å². The first kappa shape index (κ1) is 19.8. The molecule has 0 aliphatic carbocycles. The zero-order valence-corrected chi connectivity index (χ0v) is 16.6. The number of rotatable bonds is 6. The summed E-state index contributed by atoms with van der Waals surface area (Å²) >= 11 is 0. The van der Waals surface area contributed by atoms with E-state index in [1.54, 1.807) is 4.90 Å². The summed E-state index contributed by atoms with van der Waals surface area (Å²) in [5, 5.41) is 3.07. The molecule has 1 fully saturated rings. The van der Waals surface area contributed by atoms with Crippen LogP contribution in [0.4, 0.5) is 5.69 Å². The van der Waals surface area contributed by atoms with Crippen LogP contribution in [0.25, 0.3) is 0 Å². The van der Waals surface area contributed by atoms with Crippen LogP contribution in [-0.2, 0) is 16.0 Å². The van der Waals surface area contributed by atoms with Gasteiger partial charge in [-0.05, 0) is 37.9 Å². The Labute approximate surface area is 162 Å². The molecule has 1 unspecified atom stereocenters. The molecule has 1 saturated heterocycles. The number of amides is 2. The highest BCUT2D eigenvalue weighted by atomic mass is 16.2. The highest BCUT2D eigenvalue weighted by Crippen LogP contribution is 2.29. The zero-order valence-electron chi connectivity index (χ0n) is 16.6. The van der Waals surface area contributed by atoms with Crippen LogP contribution >= 0.6 is 0 Å². The van der Waals surface area contributed by atoms with E-state index in [2.05, 4.69) is 28.2 Å². The van der Waals surface area contributed by atoms with Gasteiger partial charge >= 0.3 is 0 Å². The Kier molecular flexibility index (Phi) is 6.85. The summed E-state index contributed by atoms with van der Waals surface area (Å²) in [4.78, 5) is 32.1. The van der Waals surface area contributed by atoms with Gasteiger partial charge in [-0.15, -0.1) is 0 Å². The molecular formula is C21H32N4O2. The molecule has 0 saturated carbocycles. The number of nitrogens with one attached hydrogen (secondary N) is 1. The van der Waals surface area contributed by atoms with Gasteiger partial charge in [-0.2, -0.15) is 0 Å². The van der Waals surface area contributed by atoms with Crippen molar-refractivity contribution < 1.29 is 9.59 Å². The third kappa shape index (κ3) is 4.87. The molecule has 0 spiro atoms. The van der Waals surface area contributed by atoms with Crippen molar-refractivity contribution in [3.8, 4) is 0 Å². The number of benzene rings is 1. The molecule has 27 heavy (non-hydrogen) atoms. The van der Waals surface area contributed by atoms with Crippen molar-refractivity contribution in [2.45, 2.75) is 38.6 Å². The van der Waals surface area contributed by atoms with Gasteiger partial charge in [-0.25, -0.2) is 0 Å². The molecule has 3 rings (SSSR count). The van der Waals surface area contributed by atoms with Gasteiger partial charge in [-0.3, -0.25) is 19.4 Å². The van der Waals surface area contributed by atoms with Gasteiger partial charge in [0, 0.05) is 51.4 Å². The van der Waals surface area contributed by atoms with E-state index in [0.29, 0.717) is 19.4 Å². The summed E-state index contributed by atoms with van der Waals surface area (Å²) in [6.07, 6.45) is 2.84. The van der Waals surface area contributed by atoms with Gasteiger partial charge < -0.3 is 10.2 Å². The molecule has 2 amide bonds. The number of nitrogens with zero attached hydrogens (tertiary/aromatic N) is 3. The fraction of sp³-hybridized carbons (Fsp3) is 0.619. The number of anilines is 1. The lowest BCUT2D eigenvalue weighted by Gasteiger charge is -2.33. The molecular weight excluding hydrogens is 340 g/mol. The highest BCUT2D eigenvalue weighted by molar-refractivity contribution is 6.01. The zero-order chi connectivity index (χ0) is 19.2. The minimum Gasteiger partial charge on any atom is -0.353 e. The van der Waals surface area contributed by atoms with E-state index >= 15 is 0 Å². The lowest BCUT2D eigenvalue weighted by molar-refractivity contribution is -0.126. The second kappa shape index (κ2) is 9.33. The van der Waals surface area contributed by atoms with Crippen molar-refractivity contribution in [3.05, 3.63) is 29.8 Å². The topological polar surface area (TPSA) is 55.9 Å². The van der Waals surface area contributed by atoms with Crippen molar-refractivity contribution in [1.29, 1.82) is 0 Å². The van der Waals surface area contributed by atoms with E-state index in [1.165, 1.54) is 0 Å². The van der Waals surface area contributed by atoms with Crippen LogP contribution < -0.4 is 10.2 Å². The molecule has 0 aromatic heterocycles. The summed E-state index contributed by atoms with van der Waals surface area (Å²) < 4.78 is 0. The van der Waals surface area contributed by atoms with Crippen LogP contribution in [0.1, 0.15) is 31.7 Å². The van der Waals surface area contributed by atoms with Crippen LogP contribution in [0, 0.1) is 0 Å². The first-order valence-corrected chi connectivity index (χ1v) is 10.2. The molecule has 2 heterocycles. The Morgan fingerprint density at radius 1 is 1.15 bits per heavy atom. The van der Waals surface area contributed by atoms with Gasteiger partial charge in [0.25, 0.3) is 0 Å². The van der Waals surface area contributed by atoms with Crippen molar-refractivity contribution >= 4 is 17.5 Å². The SMILES string of the molecule is CCC(C(=O)NCCN1CCN(C)CC1)N1C(=O)CCCc2ccccc21. The number of carbonyl (C=O) groups is 2. The maximum Gasteiger partial charge on any atom is 0.243 e. The van der Waals surface area contributed by atoms with Gasteiger partial charge in [0.2, 0.25) is 11.8 Å². The Bertz CT molecular complexity index is 655. The molecule has 148 valence electrons. The van der Waals surface area contributed by atoms with Gasteiger partial charge in [0.1, 0.15) is 6.04 Å². The first-order valence-electron chi connectivity index (χ1n) is 10.2. The number of para-hydroxylation sites is 1. The standard InChI is InChI=1S/C21H32N4O2/c1-3-18(21(27)22-11-12-24-15-13-23(2)14-16-24)25-19-9-5-4-7-17(19)8-6-10-20(25)26/h4-5,7,9,18H,3,6,8,10-16H2,1-2H3,(H,22,27). The van der Waals surface area contributed by atoms with Crippen LogP contribution in [0.15, 0.2) is 24.3 Å². The quantitative estimate of drug-likeness (QED) is 0.822. The molecule has 1 N–H and O–H groups in total. The molecule has 1 aromatic rings. The van der Waals surface area contributed by atoms with Crippen molar-refractivity contribution in [1.82, 2.24) is 15.1 Å². The number of aryl methyl sites for hydroxylation is 1. The lowest BCUT2D eigenvalue weighted by Crippen LogP contribution is -2.51. The number of likely N-dealkylation sites (N-methyl/N-ethyl adjacent to an activating group) is 1. The second-order valence-corrected chi connectivity index (χ2v) is 7.61. The van der Waals surface area contributed by atoms with E-state index in [-0.39, 0.29) is 11.8 Å². The highest BCUT2D eigenvalue weighted by Gasteiger charge is 2.32. The smallest absolute Gasteiger partial charge is 0.243 e. The van der Waals surface area contributed by atoms with Crippen LogP contribution in [0.5, 0.6) is 0 Å².